The maximum atomic E-state index is 13.2. The molecule has 1 unspecified atom stereocenters. The van der Waals surface area contributed by atoms with E-state index in [9.17, 15) is 4.39 Å². The highest BCUT2D eigenvalue weighted by Crippen LogP contribution is 2.25. The molecule has 1 atom stereocenters. The molecular formula is C22H28FN5O. The van der Waals surface area contributed by atoms with Crippen molar-refractivity contribution < 1.29 is 9.50 Å². The van der Waals surface area contributed by atoms with Crippen molar-refractivity contribution in [3.8, 4) is 0 Å². The van der Waals surface area contributed by atoms with Crippen LogP contribution in [0.1, 0.15) is 24.0 Å². The van der Waals surface area contributed by atoms with E-state index in [1.54, 1.807) is 12.2 Å². The monoisotopic (exact) mass is 397 g/mol. The maximum Gasteiger partial charge on any atom is 0.119 e. The first-order valence-corrected chi connectivity index (χ1v) is 9.78. The standard InChI is InChI=1S/C22H28FN5O/c1-15-14-22(28-26-20-9-7-18(8-10-20)24-11-12-29)16(2)13-21(15)27-25-19-5-3-17(23)4-6-19/h3,5,7-10,13-14,17,24,26-29H,4,6,11-12H2,1-2H3/b25-19-. The Morgan fingerprint density at radius 3 is 2.41 bits per heavy atom. The fourth-order valence-electron chi connectivity index (χ4n) is 2.99. The van der Waals surface area contributed by atoms with Crippen LogP contribution in [0.5, 0.6) is 0 Å². The summed E-state index contributed by atoms with van der Waals surface area (Å²) in [7, 11) is 0. The Labute approximate surface area is 170 Å². The molecule has 0 saturated carbocycles. The summed E-state index contributed by atoms with van der Waals surface area (Å²) in [6, 6.07) is 11.9. The molecule has 0 aliphatic heterocycles. The van der Waals surface area contributed by atoms with Gasteiger partial charge in [0.2, 0.25) is 0 Å². The molecule has 7 heteroatoms. The Morgan fingerprint density at radius 2 is 1.72 bits per heavy atom. The van der Waals surface area contributed by atoms with Crippen LogP contribution in [0.15, 0.2) is 53.7 Å². The van der Waals surface area contributed by atoms with Crippen molar-refractivity contribution in [2.75, 3.05) is 34.7 Å². The van der Waals surface area contributed by atoms with Crippen molar-refractivity contribution in [2.24, 2.45) is 5.10 Å². The minimum Gasteiger partial charge on any atom is -0.395 e. The number of hydrogen-bond donors (Lipinski definition) is 5. The molecule has 5 N–H and O–H groups in total. The number of halogens is 1. The molecule has 1 aliphatic rings. The van der Waals surface area contributed by atoms with Crippen molar-refractivity contribution in [2.45, 2.75) is 32.9 Å². The highest BCUT2D eigenvalue weighted by molar-refractivity contribution is 5.96. The topological polar surface area (TPSA) is 80.7 Å². The summed E-state index contributed by atoms with van der Waals surface area (Å²) >= 11 is 0. The zero-order chi connectivity index (χ0) is 20.6. The van der Waals surface area contributed by atoms with E-state index < -0.39 is 6.17 Å². The van der Waals surface area contributed by atoms with Gasteiger partial charge >= 0.3 is 0 Å². The molecule has 0 radical (unpaired) electrons. The lowest BCUT2D eigenvalue weighted by Crippen LogP contribution is -2.11. The van der Waals surface area contributed by atoms with Crippen LogP contribution >= 0.6 is 0 Å². The van der Waals surface area contributed by atoms with E-state index in [2.05, 4.69) is 32.8 Å². The van der Waals surface area contributed by atoms with Crippen LogP contribution in [-0.2, 0) is 0 Å². The third-order valence-corrected chi connectivity index (χ3v) is 4.73. The van der Waals surface area contributed by atoms with E-state index in [1.165, 1.54) is 0 Å². The van der Waals surface area contributed by atoms with Gasteiger partial charge in [-0.15, -0.1) is 0 Å². The number of hydrazine groups is 1. The Balaban J connectivity index is 1.60. The maximum absolute atomic E-state index is 13.2. The van der Waals surface area contributed by atoms with Gasteiger partial charge in [-0.1, -0.05) is 0 Å². The summed E-state index contributed by atoms with van der Waals surface area (Å²) in [6.07, 6.45) is 3.57. The number of rotatable bonds is 8. The van der Waals surface area contributed by atoms with E-state index >= 15 is 0 Å². The average Bonchev–Trinajstić information content (AvgIpc) is 2.73. The number of hydrogen-bond acceptors (Lipinski definition) is 6. The Kier molecular flexibility index (Phi) is 7.08. The molecule has 154 valence electrons. The van der Waals surface area contributed by atoms with E-state index in [1.807, 2.05) is 44.2 Å². The number of aliphatic hydroxyl groups is 1. The molecule has 0 saturated heterocycles. The summed E-state index contributed by atoms with van der Waals surface area (Å²) in [5, 5.41) is 16.4. The second kappa shape index (κ2) is 9.93. The molecule has 0 aromatic heterocycles. The fourth-order valence-corrected chi connectivity index (χ4v) is 2.99. The summed E-state index contributed by atoms with van der Waals surface area (Å²) in [5.41, 5.74) is 16.3. The van der Waals surface area contributed by atoms with Gasteiger partial charge in [-0.25, -0.2) is 4.39 Å². The second-order valence-corrected chi connectivity index (χ2v) is 7.09. The van der Waals surface area contributed by atoms with Gasteiger partial charge in [-0.05, 0) is 86.4 Å². The van der Waals surface area contributed by atoms with Gasteiger partial charge in [0.05, 0.1) is 29.4 Å². The average molecular weight is 397 g/mol. The predicted molar refractivity (Wildman–Crippen MR) is 120 cm³/mol. The zero-order valence-corrected chi connectivity index (χ0v) is 16.8. The first-order chi connectivity index (χ1) is 14.0. The van der Waals surface area contributed by atoms with Crippen molar-refractivity contribution in [3.05, 3.63) is 59.7 Å². The third kappa shape index (κ3) is 5.96. The lowest BCUT2D eigenvalue weighted by molar-refractivity contribution is 0.311. The molecule has 3 rings (SSSR count). The second-order valence-electron chi connectivity index (χ2n) is 7.09. The number of benzene rings is 2. The number of allylic oxidation sites excluding steroid dienone is 2. The smallest absolute Gasteiger partial charge is 0.119 e. The van der Waals surface area contributed by atoms with Crippen LogP contribution in [0.25, 0.3) is 0 Å². The van der Waals surface area contributed by atoms with Gasteiger partial charge in [-0.3, -0.25) is 5.43 Å². The van der Waals surface area contributed by atoms with Gasteiger partial charge in [0.1, 0.15) is 6.17 Å². The number of alkyl halides is 1. The summed E-state index contributed by atoms with van der Waals surface area (Å²) in [5.74, 6) is 0. The van der Waals surface area contributed by atoms with Gasteiger partial charge < -0.3 is 21.3 Å². The Hall–Kier alpha value is -3.06. The number of anilines is 4. The molecule has 0 amide bonds. The molecule has 0 spiro atoms. The van der Waals surface area contributed by atoms with Crippen LogP contribution in [0.3, 0.4) is 0 Å². The number of nitrogens with zero attached hydrogens (tertiary/aromatic N) is 1. The third-order valence-electron chi connectivity index (χ3n) is 4.73. The minimum absolute atomic E-state index is 0.104. The SMILES string of the molecule is Cc1cc(NNc2ccc(NCCO)cc2)c(C)cc1N/N=C1/C=CC(F)CC1. The lowest BCUT2D eigenvalue weighted by atomic mass is 10.0. The van der Waals surface area contributed by atoms with Gasteiger partial charge in [0, 0.05) is 12.2 Å². The number of hydrazone groups is 1. The molecule has 1 aliphatic carbocycles. The van der Waals surface area contributed by atoms with Crippen molar-refractivity contribution >= 4 is 28.5 Å². The molecule has 29 heavy (non-hydrogen) atoms. The van der Waals surface area contributed by atoms with Crippen molar-refractivity contribution in [3.63, 3.8) is 0 Å². The fraction of sp³-hybridized carbons (Fsp3) is 0.318. The highest BCUT2D eigenvalue weighted by Gasteiger charge is 2.10. The highest BCUT2D eigenvalue weighted by atomic mass is 19.1. The molecule has 0 heterocycles. The predicted octanol–water partition coefficient (Wildman–Crippen LogP) is 4.60. The van der Waals surface area contributed by atoms with Crippen LogP contribution in [0, 0.1) is 13.8 Å². The van der Waals surface area contributed by atoms with Crippen LogP contribution < -0.4 is 21.6 Å². The van der Waals surface area contributed by atoms with Crippen LogP contribution in [0.2, 0.25) is 0 Å². The summed E-state index contributed by atoms with van der Waals surface area (Å²) in [6.45, 7) is 4.68. The van der Waals surface area contributed by atoms with Gasteiger partial charge in [0.15, 0.2) is 0 Å². The van der Waals surface area contributed by atoms with E-state index in [0.717, 1.165) is 39.6 Å². The van der Waals surface area contributed by atoms with Crippen LogP contribution in [-0.4, -0.2) is 30.1 Å². The zero-order valence-electron chi connectivity index (χ0n) is 16.8. The minimum atomic E-state index is -0.858. The van der Waals surface area contributed by atoms with Gasteiger partial charge in [0.25, 0.3) is 0 Å². The number of nitrogens with one attached hydrogen (secondary N) is 4. The van der Waals surface area contributed by atoms with E-state index in [-0.39, 0.29) is 6.61 Å². The van der Waals surface area contributed by atoms with Crippen molar-refractivity contribution in [1.29, 1.82) is 0 Å². The molecule has 2 aromatic carbocycles. The molecular weight excluding hydrogens is 369 g/mol. The lowest BCUT2D eigenvalue weighted by Gasteiger charge is -2.16. The first kappa shape index (κ1) is 20.7. The Morgan fingerprint density at radius 1 is 1.03 bits per heavy atom. The molecule has 0 fully saturated rings. The van der Waals surface area contributed by atoms with Crippen molar-refractivity contribution in [1.82, 2.24) is 0 Å². The Bertz CT molecular complexity index is 880. The summed E-state index contributed by atoms with van der Waals surface area (Å²) in [4.78, 5) is 0. The first-order valence-electron chi connectivity index (χ1n) is 9.78. The normalized spacial score (nSPS) is 17.2. The molecule has 2 aromatic rings. The molecule has 0 bridgehead atoms. The summed E-state index contributed by atoms with van der Waals surface area (Å²) < 4.78 is 13.2. The number of aryl methyl sites for hydroxylation is 2. The van der Waals surface area contributed by atoms with Crippen LogP contribution in [0.4, 0.5) is 27.1 Å². The van der Waals surface area contributed by atoms with E-state index in [4.69, 9.17) is 5.11 Å². The van der Waals surface area contributed by atoms with E-state index in [0.29, 0.717) is 19.4 Å². The van der Waals surface area contributed by atoms with Gasteiger partial charge in [-0.2, -0.15) is 5.10 Å². The quantitative estimate of drug-likeness (QED) is 0.421. The number of aliphatic hydroxyl groups excluding tert-OH is 1. The molecule has 6 nitrogen and oxygen atoms in total. The largest absolute Gasteiger partial charge is 0.395 e.